The number of hydrogen-bond acceptors (Lipinski definition) is 7. The van der Waals surface area contributed by atoms with E-state index < -0.39 is 0 Å². The van der Waals surface area contributed by atoms with Gasteiger partial charge in [-0.2, -0.15) is 0 Å². The second kappa shape index (κ2) is 8.79. The van der Waals surface area contributed by atoms with Gasteiger partial charge in [-0.3, -0.25) is 4.79 Å². The van der Waals surface area contributed by atoms with Crippen LogP contribution in [0.25, 0.3) is 11.5 Å². The van der Waals surface area contributed by atoms with Gasteiger partial charge in [0.15, 0.2) is 0 Å². The van der Waals surface area contributed by atoms with Crippen molar-refractivity contribution in [3.8, 4) is 23.0 Å². The maximum absolute atomic E-state index is 12.1. The molecule has 27 heavy (non-hydrogen) atoms. The number of anilines is 1. The molecule has 9 heteroatoms. The van der Waals surface area contributed by atoms with E-state index in [2.05, 4.69) is 15.5 Å². The fraction of sp³-hybridized carbons (Fsp3) is 0.167. The molecule has 0 atom stereocenters. The third-order valence-electron chi connectivity index (χ3n) is 3.50. The van der Waals surface area contributed by atoms with Crippen LogP contribution in [0.2, 0.25) is 5.02 Å². The molecule has 1 aromatic heterocycles. The maximum Gasteiger partial charge on any atom is 0.277 e. The number of halogens is 1. The van der Waals surface area contributed by atoms with E-state index in [4.69, 9.17) is 25.5 Å². The summed E-state index contributed by atoms with van der Waals surface area (Å²) in [6.45, 7) is 0. The lowest BCUT2D eigenvalue weighted by Crippen LogP contribution is -2.13. The average molecular weight is 406 g/mol. The number of carbonyl (C=O) groups is 1. The van der Waals surface area contributed by atoms with Gasteiger partial charge in [-0.1, -0.05) is 23.4 Å². The second-order valence-corrected chi connectivity index (χ2v) is 6.65. The molecule has 0 saturated carbocycles. The van der Waals surface area contributed by atoms with E-state index in [1.165, 1.54) is 0 Å². The number of benzene rings is 2. The number of hydrogen-bond donors (Lipinski definition) is 1. The molecular formula is C18H16ClN3O4S. The van der Waals surface area contributed by atoms with Crippen LogP contribution in [0.4, 0.5) is 5.69 Å². The van der Waals surface area contributed by atoms with Crippen LogP contribution in [0.3, 0.4) is 0 Å². The van der Waals surface area contributed by atoms with Crippen molar-refractivity contribution in [2.45, 2.75) is 5.22 Å². The molecule has 3 aromatic rings. The Hall–Kier alpha value is -2.71. The molecular weight excluding hydrogens is 390 g/mol. The molecule has 0 saturated heterocycles. The molecule has 140 valence electrons. The Balaban J connectivity index is 1.61. The number of amides is 1. The normalized spacial score (nSPS) is 10.5. The van der Waals surface area contributed by atoms with Crippen molar-refractivity contribution in [3.05, 3.63) is 47.5 Å². The van der Waals surface area contributed by atoms with Crippen molar-refractivity contribution in [3.63, 3.8) is 0 Å². The van der Waals surface area contributed by atoms with Gasteiger partial charge in [0, 0.05) is 10.7 Å². The van der Waals surface area contributed by atoms with Gasteiger partial charge in [-0.05, 0) is 42.5 Å². The number of methoxy groups -OCH3 is 2. The lowest BCUT2D eigenvalue weighted by molar-refractivity contribution is -0.113. The Morgan fingerprint density at radius 3 is 2.63 bits per heavy atom. The minimum atomic E-state index is -0.190. The fourth-order valence-corrected chi connectivity index (χ4v) is 2.96. The molecule has 0 radical (unpaired) electrons. The maximum atomic E-state index is 12.1. The summed E-state index contributed by atoms with van der Waals surface area (Å²) in [6, 6.07) is 12.2. The Labute approximate surface area is 165 Å². The molecule has 0 bridgehead atoms. The van der Waals surface area contributed by atoms with Crippen molar-refractivity contribution in [1.82, 2.24) is 10.2 Å². The first kappa shape index (κ1) is 19.1. The number of thioether (sulfide) groups is 1. The number of nitrogens with one attached hydrogen (secondary N) is 1. The number of nitrogens with zero attached hydrogens (tertiary/aromatic N) is 2. The van der Waals surface area contributed by atoms with Crippen molar-refractivity contribution in [2.75, 3.05) is 25.3 Å². The van der Waals surface area contributed by atoms with Crippen LogP contribution in [-0.2, 0) is 4.79 Å². The van der Waals surface area contributed by atoms with Gasteiger partial charge in [0.1, 0.15) is 11.5 Å². The summed E-state index contributed by atoms with van der Waals surface area (Å²) < 4.78 is 16.0. The van der Waals surface area contributed by atoms with Gasteiger partial charge in [-0.15, -0.1) is 10.2 Å². The predicted octanol–water partition coefficient (Wildman–Crippen LogP) is 4.14. The molecule has 1 amide bonds. The fourth-order valence-electron chi connectivity index (χ4n) is 2.22. The molecule has 1 heterocycles. The monoisotopic (exact) mass is 405 g/mol. The van der Waals surface area contributed by atoms with Gasteiger partial charge in [0.2, 0.25) is 5.91 Å². The zero-order valence-corrected chi connectivity index (χ0v) is 16.1. The van der Waals surface area contributed by atoms with Gasteiger partial charge in [0.25, 0.3) is 11.1 Å². The topological polar surface area (TPSA) is 86.5 Å². The van der Waals surface area contributed by atoms with Crippen molar-refractivity contribution in [1.29, 1.82) is 0 Å². The van der Waals surface area contributed by atoms with Gasteiger partial charge < -0.3 is 19.2 Å². The quantitative estimate of drug-likeness (QED) is 0.591. The summed E-state index contributed by atoms with van der Waals surface area (Å²) in [7, 11) is 3.13. The summed E-state index contributed by atoms with van der Waals surface area (Å²) in [4.78, 5) is 12.1. The van der Waals surface area contributed by atoms with E-state index in [0.29, 0.717) is 22.0 Å². The van der Waals surface area contributed by atoms with Crippen molar-refractivity contribution >= 4 is 35.0 Å². The van der Waals surface area contributed by atoms with E-state index in [0.717, 1.165) is 17.5 Å². The predicted molar refractivity (Wildman–Crippen MR) is 104 cm³/mol. The molecule has 0 spiro atoms. The largest absolute Gasteiger partial charge is 0.497 e. The van der Waals surface area contributed by atoms with E-state index in [1.54, 1.807) is 56.7 Å². The average Bonchev–Trinajstić information content (AvgIpc) is 3.16. The molecule has 0 aliphatic heterocycles. The molecule has 2 aromatic carbocycles. The lowest BCUT2D eigenvalue weighted by Gasteiger charge is -2.05. The first-order valence-corrected chi connectivity index (χ1v) is 9.19. The van der Waals surface area contributed by atoms with Crippen LogP contribution in [0.5, 0.6) is 11.5 Å². The van der Waals surface area contributed by atoms with E-state index in [-0.39, 0.29) is 22.8 Å². The minimum Gasteiger partial charge on any atom is -0.497 e. The number of ether oxygens (including phenoxy) is 2. The molecule has 3 rings (SSSR count). The van der Waals surface area contributed by atoms with Gasteiger partial charge in [0.05, 0.1) is 25.5 Å². The highest BCUT2D eigenvalue weighted by Gasteiger charge is 2.15. The molecule has 0 unspecified atom stereocenters. The highest BCUT2D eigenvalue weighted by molar-refractivity contribution is 7.99. The standard InChI is InChI=1S/C18H16ClN3O4S/c1-24-13-6-4-12(5-7-13)20-16(23)10-27-18-22-21-17(26-18)14-9-11(19)3-8-15(14)25-2/h3-9H,10H2,1-2H3,(H,20,23). The van der Waals surface area contributed by atoms with Crippen LogP contribution < -0.4 is 14.8 Å². The Bertz CT molecular complexity index is 931. The summed E-state index contributed by atoms with van der Waals surface area (Å²) in [5.74, 6) is 1.49. The third kappa shape index (κ3) is 4.93. The summed E-state index contributed by atoms with van der Waals surface area (Å²) >= 11 is 7.16. The van der Waals surface area contributed by atoms with E-state index >= 15 is 0 Å². The Kier molecular flexibility index (Phi) is 6.20. The molecule has 1 N–H and O–H groups in total. The number of aromatic nitrogens is 2. The van der Waals surface area contributed by atoms with E-state index in [9.17, 15) is 4.79 Å². The van der Waals surface area contributed by atoms with Crippen LogP contribution in [-0.4, -0.2) is 36.1 Å². The Morgan fingerprint density at radius 2 is 1.93 bits per heavy atom. The first-order chi connectivity index (χ1) is 13.1. The summed E-state index contributed by atoms with van der Waals surface area (Å²) in [5, 5.41) is 11.5. The molecule has 0 aliphatic carbocycles. The van der Waals surface area contributed by atoms with Gasteiger partial charge in [-0.25, -0.2) is 0 Å². The Morgan fingerprint density at radius 1 is 1.15 bits per heavy atom. The third-order valence-corrected chi connectivity index (χ3v) is 4.55. The highest BCUT2D eigenvalue weighted by atomic mass is 35.5. The van der Waals surface area contributed by atoms with E-state index in [1.807, 2.05) is 0 Å². The zero-order valence-electron chi connectivity index (χ0n) is 14.6. The van der Waals surface area contributed by atoms with Crippen molar-refractivity contribution < 1.29 is 18.7 Å². The lowest BCUT2D eigenvalue weighted by atomic mass is 10.2. The number of carbonyl (C=O) groups excluding carboxylic acids is 1. The highest BCUT2D eigenvalue weighted by Crippen LogP contribution is 2.33. The second-order valence-electron chi connectivity index (χ2n) is 5.28. The van der Waals surface area contributed by atoms with Crippen LogP contribution >= 0.6 is 23.4 Å². The summed E-state index contributed by atoms with van der Waals surface area (Å²) in [5.41, 5.74) is 1.27. The van der Waals surface area contributed by atoms with Crippen molar-refractivity contribution in [2.24, 2.45) is 0 Å². The van der Waals surface area contributed by atoms with Gasteiger partial charge >= 0.3 is 0 Å². The molecule has 0 aliphatic rings. The number of rotatable bonds is 7. The zero-order chi connectivity index (χ0) is 19.2. The SMILES string of the molecule is COc1ccc(NC(=O)CSc2nnc(-c3cc(Cl)ccc3OC)o2)cc1. The van der Waals surface area contributed by atoms with Crippen LogP contribution in [0, 0.1) is 0 Å². The van der Waals surface area contributed by atoms with Crippen LogP contribution in [0.15, 0.2) is 52.1 Å². The minimum absolute atomic E-state index is 0.125. The summed E-state index contributed by atoms with van der Waals surface area (Å²) in [6.07, 6.45) is 0. The smallest absolute Gasteiger partial charge is 0.277 e. The molecule has 7 nitrogen and oxygen atoms in total. The van der Waals surface area contributed by atoms with Crippen LogP contribution in [0.1, 0.15) is 0 Å². The first-order valence-electron chi connectivity index (χ1n) is 7.83. The molecule has 0 fully saturated rings.